The van der Waals surface area contributed by atoms with Crippen LogP contribution in [0.2, 0.25) is 0 Å². The maximum Gasteiger partial charge on any atom is 0.206 e. The Bertz CT molecular complexity index is 93.7. The zero-order valence-electron chi connectivity index (χ0n) is 3.03. The highest BCUT2D eigenvalue weighted by molar-refractivity contribution is 8.10. The lowest BCUT2D eigenvalue weighted by Gasteiger charge is -1.93. The van der Waals surface area contributed by atoms with Crippen molar-refractivity contribution in [2.75, 3.05) is 0 Å². The summed E-state index contributed by atoms with van der Waals surface area (Å²) in [5, 5.41) is 0. The molecule has 0 unspecified atom stereocenters. The summed E-state index contributed by atoms with van der Waals surface area (Å²) in [7, 11) is 0. The van der Waals surface area contributed by atoms with Crippen molar-refractivity contribution < 1.29 is 9.79 Å². The Kier molecular flexibility index (Phi) is 1.94. The predicted octanol–water partition coefficient (Wildman–Crippen LogP) is 0.424. The van der Waals surface area contributed by atoms with Gasteiger partial charge in [-0.15, -0.1) is 0 Å². The highest BCUT2D eigenvalue weighted by Crippen LogP contribution is 2.35. The van der Waals surface area contributed by atoms with Gasteiger partial charge < -0.3 is 9.79 Å². The maximum atomic E-state index is 8.19. The van der Waals surface area contributed by atoms with E-state index in [1.165, 1.54) is 0 Å². The average Bonchev–Trinajstić information content (AvgIpc) is 1.35. The number of rotatable bonds is 1. The molecule has 0 amide bonds. The predicted molar refractivity (Wildman–Crippen MR) is 28.9 cm³/mol. The van der Waals surface area contributed by atoms with E-state index in [1.54, 1.807) is 0 Å². The van der Waals surface area contributed by atoms with Crippen molar-refractivity contribution in [3.63, 3.8) is 0 Å². The third-order valence-electron chi connectivity index (χ3n) is 0.238. The Morgan fingerprint density at radius 3 is 1.83 bits per heavy atom. The van der Waals surface area contributed by atoms with E-state index in [1.807, 2.05) is 0 Å². The maximum absolute atomic E-state index is 8.19. The van der Waals surface area contributed by atoms with Crippen molar-refractivity contribution in [3.05, 3.63) is 12.4 Å². The summed E-state index contributed by atoms with van der Waals surface area (Å²) in [6.07, 6.45) is 0. The molecule has 0 fully saturated rings. The second-order valence-electron chi connectivity index (χ2n) is 0.772. The molecule has 0 heterocycles. The molecule has 0 aromatic heterocycles. The third-order valence-corrected chi connectivity index (χ3v) is 1.16. The van der Waals surface area contributed by atoms with Gasteiger partial charge in [-0.05, 0) is 17.6 Å². The van der Waals surface area contributed by atoms with Gasteiger partial charge in [0.15, 0.2) is 0 Å². The first kappa shape index (κ1) is 6.31. The largest absolute Gasteiger partial charge is 0.342 e. The van der Waals surface area contributed by atoms with Gasteiger partial charge >= 0.3 is 0 Å². The zero-order chi connectivity index (χ0) is 5.21. The molecular formula is C2H5O2PS. The van der Waals surface area contributed by atoms with Gasteiger partial charge in [0.05, 0.1) is 0 Å². The second-order valence-corrected chi connectivity index (χ2v) is 3.93. The minimum atomic E-state index is -3.05. The van der Waals surface area contributed by atoms with E-state index >= 15 is 0 Å². The summed E-state index contributed by atoms with van der Waals surface area (Å²) >= 11 is 4.09. The van der Waals surface area contributed by atoms with Crippen LogP contribution in [0.5, 0.6) is 0 Å². The molecule has 2 N–H and O–H groups in total. The fraction of sp³-hybridized carbons (Fsp3) is 0. The minimum absolute atomic E-state index is 0.975. The molecule has 0 saturated carbocycles. The molecular weight excluding hydrogens is 119 g/mol. The van der Waals surface area contributed by atoms with Crippen LogP contribution in [-0.2, 0) is 11.8 Å². The SMILES string of the molecule is C=CP(O)(O)=S. The lowest BCUT2D eigenvalue weighted by molar-refractivity contribution is 0.492. The summed E-state index contributed by atoms with van der Waals surface area (Å²) in [6, 6.07) is 0. The van der Waals surface area contributed by atoms with Crippen LogP contribution in [0.3, 0.4) is 0 Å². The van der Waals surface area contributed by atoms with Gasteiger partial charge in [-0.2, -0.15) is 0 Å². The molecule has 0 bridgehead atoms. The van der Waals surface area contributed by atoms with Crippen LogP contribution in [0.1, 0.15) is 0 Å². The summed E-state index contributed by atoms with van der Waals surface area (Å²) in [6.45, 7) is 0.0278. The highest BCUT2D eigenvalue weighted by Gasteiger charge is 1.93. The Hall–Kier alpha value is 0.310. The molecule has 0 aromatic carbocycles. The van der Waals surface area contributed by atoms with E-state index in [0.717, 1.165) is 5.82 Å². The summed E-state index contributed by atoms with van der Waals surface area (Å²) in [5.74, 6) is 0.975. The van der Waals surface area contributed by atoms with Gasteiger partial charge in [0.25, 0.3) is 0 Å². The van der Waals surface area contributed by atoms with Crippen molar-refractivity contribution >= 4 is 18.3 Å². The molecule has 0 rings (SSSR count). The summed E-state index contributed by atoms with van der Waals surface area (Å²) in [4.78, 5) is 16.4. The lowest BCUT2D eigenvalue weighted by Crippen LogP contribution is -1.62. The molecule has 0 radical (unpaired) electrons. The van der Waals surface area contributed by atoms with Crippen molar-refractivity contribution in [1.29, 1.82) is 0 Å². The first-order valence-corrected chi connectivity index (χ1v) is 4.03. The van der Waals surface area contributed by atoms with E-state index in [0.29, 0.717) is 0 Å². The molecule has 6 heavy (non-hydrogen) atoms. The normalized spacial score (nSPS) is 11.0. The van der Waals surface area contributed by atoms with Gasteiger partial charge in [0.2, 0.25) is 6.49 Å². The van der Waals surface area contributed by atoms with Crippen molar-refractivity contribution in [1.82, 2.24) is 0 Å². The van der Waals surface area contributed by atoms with Gasteiger partial charge in [-0.25, -0.2) is 0 Å². The first-order chi connectivity index (χ1) is 2.56. The Morgan fingerprint density at radius 1 is 1.67 bits per heavy atom. The van der Waals surface area contributed by atoms with Gasteiger partial charge in [-0.3, -0.25) is 0 Å². The van der Waals surface area contributed by atoms with Gasteiger partial charge in [0.1, 0.15) is 0 Å². The fourth-order valence-electron chi connectivity index (χ4n) is 0. The molecule has 36 valence electrons. The van der Waals surface area contributed by atoms with Crippen molar-refractivity contribution in [2.45, 2.75) is 0 Å². The summed E-state index contributed by atoms with van der Waals surface area (Å²) < 4.78 is 0. The molecule has 2 nitrogen and oxygen atoms in total. The van der Waals surface area contributed by atoms with Crippen LogP contribution < -0.4 is 0 Å². The number of hydrogen-bond donors (Lipinski definition) is 2. The molecule has 0 aliphatic rings. The van der Waals surface area contributed by atoms with Crippen LogP contribution in [-0.4, -0.2) is 9.79 Å². The van der Waals surface area contributed by atoms with Gasteiger partial charge in [0, 0.05) is 0 Å². The molecule has 0 aliphatic carbocycles. The minimum Gasteiger partial charge on any atom is -0.342 e. The molecule has 4 heteroatoms. The van der Waals surface area contributed by atoms with E-state index in [9.17, 15) is 0 Å². The van der Waals surface area contributed by atoms with Crippen LogP contribution in [0.15, 0.2) is 12.4 Å². The first-order valence-electron chi connectivity index (χ1n) is 1.25. The third kappa shape index (κ3) is 4.31. The molecule has 0 saturated heterocycles. The molecule has 0 spiro atoms. The van der Waals surface area contributed by atoms with Crippen LogP contribution in [0, 0.1) is 0 Å². The van der Waals surface area contributed by atoms with Crippen LogP contribution in [0.25, 0.3) is 0 Å². The van der Waals surface area contributed by atoms with Gasteiger partial charge in [-0.1, -0.05) is 6.58 Å². The monoisotopic (exact) mass is 124 g/mol. The topological polar surface area (TPSA) is 40.5 Å². The average molecular weight is 124 g/mol. The lowest BCUT2D eigenvalue weighted by atomic mass is 11.3. The molecule has 0 aromatic rings. The zero-order valence-corrected chi connectivity index (χ0v) is 4.75. The highest BCUT2D eigenvalue weighted by atomic mass is 32.5. The standard InChI is InChI=1S/C2H5O2PS/c1-2-5(3,4)6/h2H,1H2,(H2,3,4,6). The quantitative estimate of drug-likeness (QED) is 0.498. The smallest absolute Gasteiger partial charge is 0.206 e. The Balaban J connectivity index is 3.81. The Labute approximate surface area is 41.3 Å². The number of hydrogen-bond acceptors (Lipinski definition) is 1. The summed E-state index contributed by atoms with van der Waals surface area (Å²) in [5.41, 5.74) is 0. The van der Waals surface area contributed by atoms with Crippen LogP contribution >= 0.6 is 6.49 Å². The van der Waals surface area contributed by atoms with Crippen LogP contribution in [0.4, 0.5) is 0 Å². The Morgan fingerprint density at radius 2 is 1.83 bits per heavy atom. The molecule has 0 atom stereocenters. The van der Waals surface area contributed by atoms with E-state index in [-0.39, 0.29) is 0 Å². The van der Waals surface area contributed by atoms with E-state index in [2.05, 4.69) is 18.4 Å². The molecule has 0 aliphatic heterocycles. The second kappa shape index (κ2) is 1.85. The van der Waals surface area contributed by atoms with Crippen molar-refractivity contribution in [2.24, 2.45) is 0 Å². The fourth-order valence-corrected chi connectivity index (χ4v) is 0. The van der Waals surface area contributed by atoms with E-state index in [4.69, 9.17) is 9.79 Å². The van der Waals surface area contributed by atoms with Crippen molar-refractivity contribution in [3.8, 4) is 0 Å². The van der Waals surface area contributed by atoms with E-state index < -0.39 is 6.49 Å².